The third kappa shape index (κ3) is 4.23. The number of carbonyl (C=O) groups is 2. The van der Waals surface area contributed by atoms with Gasteiger partial charge in [0.15, 0.2) is 0 Å². The van der Waals surface area contributed by atoms with Crippen molar-refractivity contribution in [1.29, 1.82) is 0 Å². The summed E-state index contributed by atoms with van der Waals surface area (Å²) in [6, 6.07) is 7.61. The van der Waals surface area contributed by atoms with Gasteiger partial charge in [-0.1, -0.05) is 18.2 Å². The Kier molecular flexibility index (Phi) is 6.12. The van der Waals surface area contributed by atoms with E-state index in [1.54, 1.807) is 6.92 Å². The van der Waals surface area contributed by atoms with Crippen molar-refractivity contribution in [3.8, 4) is 0 Å². The molecule has 4 rings (SSSR count). The number of piperidine rings is 2. The fourth-order valence-corrected chi connectivity index (χ4v) is 5.34. The Morgan fingerprint density at radius 2 is 1.68 bits per heavy atom. The number of aliphatic hydroxyl groups excluding tert-OH is 1. The molecule has 1 spiro atoms. The van der Waals surface area contributed by atoms with Crippen LogP contribution in [0.1, 0.15) is 54.9 Å². The van der Waals surface area contributed by atoms with Crippen molar-refractivity contribution in [3.05, 3.63) is 35.4 Å². The highest BCUT2D eigenvalue weighted by Gasteiger charge is 2.53. The molecule has 0 unspecified atom stereocenters. The molecule has 2 atom stereocenters. The van der Waals surface area contributed by atoms with Crippen LogP contribution >= 0.6 is 0 Å². The van der Waals surface area contributed by atoms with E-state index in [2.05, 4.69) is 0 Å². The van der Waals surface area contributed by atoms with Crippen LogP contribution in [0.4, 0.5) is 0 Å². The zero-order valence-electron chi connectivity index (χ0n) is 18.5. The number of hydrogen-bond acceptors (Lipinski definition) is 5. The number of aliphatic hydroxyl groups is 2. The Bertz CT molecular complexity index is 823. The van der Waals surface area contributed by atoms with E-state index in [0.29, 0.717) is 64.9 Å². The van der Waals surface area contributed by atoms with Crippen molar-refractivity contribution in [2.45, 2.75) is 63.3 Å². The summed E-state index contributed by atoms with van der Waals surface area (Å²) >= 11 is 0. The lowest BCUT2D eigenvalue weighted by atomic mass is 9.75. The summed E-state index contributed by atoms with van der Waals surface area (Å²) in [6.45, 7) is 6.25. The number of hydrogen-bond donors (Lipinski definition) is 2. The number of rotatable bonds is 2. The molecule has 170 valence electrons. The van der Waals surface area contributed by atoms with Crippen molar-refractivity contribution in [3.63, 3.8) is 0 Å². The lowest BCUT2D eigenvalue weighted by Crippen LogP contribution is -2.64. The number of likely N-dealkylation sites (tertiary alicyclic amines) is 2. The minimum atomic E-state index is -1.15. The van der Waals surface area contributed by atoms with Crippen LogP contribution < -0.4 is 0 Å². The number of benzene rings is 1. The van der Waals surface area contributed by atoms with Crippen molar-refractivity contribution in [2.75, 3.05) is 32.8 Å². The molecule has 7 heteroatoms. The molecular formula is C24H34N2O5. The van der Waals surface area contributed by atoms with Crippen molar-refractivity contribution in [2.24, 2.45) is 5.92 Å². The van der Waals surface area contributed by atoms with Crippen molar-refractivity contribution in [1.82, 2.24) is 9.80 Å². The second-order valence-electron chi connectivity index (χ2n) is 9.63. The topological polar surface area (TPSA) is 90.3 Å². The molecule has 1 aromatic carbocycles. The van der Waals surface area contributed by atoms with Gasteiger partial charge < -0.3 is 24.7 Å². The van der Waals surface area contributed by atoms with Gasteiger partial charge in [0, 0.05) is 44.1 Å². The summed E-state index contributed by atoms with van der Waals surface area (Å²) in [5, 5.41) is 21.1. The van der Waals surface area contributed by atoms with Gasteiger partial charge in [0.2, 0.25) is 5.91 Å². The van der Waals surface area contributed by atoms with Gasteiger partial charge in [-0.15, -0.1) is 0 Å². The Balaban J connectivity index is 1.31. The van der Waals surface area contributed by atoms with E-state index in [-0.39, 0.29) is 17.7 Å². The van der Waals surface area contributed by atoms with Crippen LogP contribution in [0.25, 0.3) is 0 Å². The molecule has 2 N–H and O–H groups in total. The highest BCUT2D eigenvalue weighted by molar-refractivity contribution is 5.95. The number of carbonyl (C=O) groups excluding carboxylic acids is 2. The lowest BCUT2D eigenvalue weighted by molar-refractivity contribution is -0.245. The number of ether oxygens (including phenoxy) is 1. The third-order valence-electron chi connectivity index (χ3n) is 7.51. The Morgan fingerprint density at radius 1 is 1.03 bits per heavy atom. The number of amides is 2. The van der Waals surface area contributed by atoms with Crippen LogP contribution in [0.3, 0.4) is 0 Å². The first-order valence-corrected chi connectivity index (χ1v) is 11.4. The molecular weight excluding hydrogens is 396 g/mol. The van der Waals surface area contributed by atoms with E-state index in [1.165, 1.54) is 0 Å². The first-order chi connectivity index (χ1) is 14.7. The van der Waals surface area contributed by atoms with E-state index in [9.17, 15) is 19.8 Å². The number of nitrogens with zero attached hydrogens (tertiary/aromatic N) is 2. The predicted molar refractivity (Wildman–Crippen MR) is 116 cm³/mol. The summed E-state index contributed by atoms with van der Waals surface area (Å²) in [5.74, 6) is 0.101. The summed E-state index contributed by atoms with van der Waals surface area (Å²) in [6.07, 6.45) is 1.87. The average molecular weight is 431 g/mol. The maximum atomic E-state index is 13.1. The second kappa shape index (κ2) is 8.52. The Hall–Kier alpha value is -1.96. The molecule has 3 saturated heterocycles. The van der Waals surface area contributed by atoms with Gasteiger partial charge in [0.25, 0.3) is 5.91 Å². The van der Waals surface area contributed by atoms with Crippen molar-refractivity contribution >= 4 is 11.8 Å². The van der Waals surface area contributed by atoms with Crippen LogP contribution in [-0.4, -0.2) is 81.9 Å². The van der Waals surface area contributed by atoms with Crippen LogP contribution in [0, 0.1) is 12.8 Å². The summed E-state index contributed by atoms with van der Waals surface area (Å²) in [5.41, 5.74) is -0.211. The van der Waals surface area contributed by atoms with Gasteiger partial charge >= 0.3 is 0 Å². The van der Waals surface area contributed by atoms with Gasteiger partial charge in [0.05, 0.1) is 12.2 Å². The molecule has 3 heterocycles. The smallest absolute Gasteiger partial charge is 0.254 e. The average Bonchev–Trinajstić information content (AvgIpc) is 2.77. The number of aryl methyl sites for hydroxylation is 1. The Morgan fingerprint density at radius 3 is 2.32 bits per heavy atom. The molecule has 3 aliphatic heterocycles. The van der Waals surface area contributed by atoms with E-state index >= 15 is 0 Å². The fraction of sp³-hybridized carbons (Fsp3) is 0.667. The molecule has 0 aromatic heterocycles. The van der Waals surface area contributed by atoms with Crippen LogP contribution in [0.2, 0.25) is 0 Å². The minimum absolute atomic E-state index is 0.0411. The standard InChI is InChI=1S/C24H34N2O5/c1-17-5-3-4-6-19(17)21(28)25-12-7-18(8-13-25)20(27)26-14-9-24(10-15-26)22(29)23(2,30)11-16-31-24/h3-6,18,22,29-30H,7-16H2,1-2H3/t22-,23+/m0/s1. The van der Waals surface area contributed by atoms with E-state index < -0.39 is 17.3 Å². The molecule has 2 amide bonds. The normalized spacial score (nSPS) is 29.2. The van der Waals surface area contributed by atoms with E-state index in [4.69, 9.17) is 4.74 Å². The van der Waals surface area contributed by atoms with Crippen LogP contribution in [-0.2, 0) is 9.53 Å². The van der Waals surface area contributed by atoms with E-state index in [1.807, 2.05) is 41.0 Å². The molecule has 0 saturated carbocycles. The lowest BCUT2D eigenvalue weighted by Gasteiger charge is -2.52. The molecule has 31 heavy (non-hydrogen) atoms. The quantitative estimate of drug-likeness (QED) is 0.746. The van der Waals surface area contributed by atoms with Gasteiger partial charge in [0.1, 0.15) is 11.7 Å². The zero-order chi connectivity index (χ0) is 22.2. The maximum absolute atomic E-state index is 13.1. The van der Waals surface area contributed by atoms with Gasteiger partial charge in [-0.3, -0.25) is 9.59 Å². The summed E-state index contributed by atoms with van der Waals surface area (Å²) in [7, 11) is 0. The monoisotopic (exact) mass is 430 g/mol. The summed E-state index contributed by atoms with van der Waals surface area (Å²) < 4.78 is 5.93. The molecule has 0 bridgehead atoms. The largest absolute Gasteiger partial charge is 0.387 e. The zero-order valence-corrected chi connectivity index (χ0v) is 18.5. The maximum Gasteiger partial charge on any atom is 0.254 e. The van der Waals surface area contributed by atoms with Crippen LogP contribution in [0.5, 0.6) is 0 Å². The Labute approximate surface area is 184 Å². The first-order valence-electron chi connectivity index (χ1n) is 11.4. The first kappa shape index (κ1) is 22.2. The van der Waals surface area contributed by atoms with Gasteiger partial charge in [-0.2, -0.15) is 0 Å². The SMILES string of the molecule is Cc1ccccc1C(=O)N1CCC(C(=O)N2CCC3(CC2)OCC[C@@](C)(O)[C@@H]3O)CC1. The third-order valence-corrected chi connectivity index (χ3v) is 7.51. The fourth-order valence-electron chi connectivity index (χ4n) is 5.34. The van der Waals surface area contributed by atoms with Gasteiger partial charge in [-0.25, -0.2) is 0 Å². The van der Waals surface area contributed by atoms with Gasteiger partial charge in [-0.05, 0) is 51.2 Å². The summed E-state index contributed by atoms with van der Waals surface area (Å²) in [4.78, 5) is 29.7. The van der Waals surface area contributed by atoms with Crippen molar-refractivity contribution < 1.29 is 24.5 Å². The molecule has 0 radical (unpaired) electrons. The highest BCUT2D eigenvalue weighted by atomic mass is 16.5. The predicted octanol–water partition coefficient (Wildman–Crippen LogP) is 1.74. The van der Waals surface area contributed by atoms with Crippen LogP contribution in [0.15, 0.2) is 24.3 Å². The molecule has 0 aliphatic carbocycles. The highest BCUT2D eigenvalue weighted by Crippen LogP contribution is 2.40. The molecule has 1 aromatic rings. The van der Waals surface area contributed by atoms with E-state index in [0.717, 1.165) is 11.1 Å². The minimum Gasteiger partial charge on any atom is -0.387 e. The second-order valence-corrected chi connectivity index (χ2v) is 9.63. The molecule has 3 fully saturated rings. The molecule has 7 nitrogen and oxygen atoms in total. The molecule has 3 aliphatic rings.